The number of anilines is 1. The fraction of sp³-hybridized carbons (Fsp3) is 0.240. The highest BCUT2D eigenvalue weighted by Gasteiger charge is 2.14. The normalized spacial score (nSPS) is 11.2. The molecule has 0 fully saturated rings. The number of halogens is 1. The number of nitrogens with two attached hydrogens (primary N) is 1. The van der Waals surface area contributed by atoms with Gasteiger partial charge < -0.3 is 10.3 Å². The molecule has 0 aliphatic carbocycles. The van der Waals surface area contributed by atoms with Crippen LogP contribution in [0.4, 0.5) is 5.82 Å². The van der Waals surface area contributed by atoms with E-state index in [9.17, 15) is 0 Å². The molecule has 4 rings (SSSR count). The van der Waals surface area contributed by atoms with Crippen molar-refractivity contribution in [1.82, 2.24) is 9.55 Å². The van der Waals surface area contributed by atoms with Crippen LogP contribution in [0.2, 0.25) is 5.02 Å². The summed E-state index contributed by atoms with van der Waals surface area (Å²) in [7, 11) is 0. The van der Waals surface area contributed by atoms with Crippen molar-refractivity contribution in [3.8, 4) is 11.3 Å². The Morgan fingerprint density at radius 3 is 2.62 bits per heavy atom. The van der Waals surface area contributed by atoms with Gasteiger partial charge in [0, 0.05) is 21.5 Å². The summed E-state index contributed by atoms with van der Waals surface area (Å²) in [6.45, 7) is 2.89. The standard InChI is InChI=1S/C25H26ClN3/c1-2-3-4-8-18-13-14-19-16-24(21-10-5-6-11-22(21)26)29(23(19)15-18)17-20-9-7-12-25(27)28-20/h5-7,9-16H,2-4,8,17H2,1H3,(H2,27,28). The van der Waals surface area contributed by atoms with Crippen LogP contribution >= 0.6 is 11.6 Å². The molecule has 0 amide bonds. The molecule has 4 aromatic rings. The molecule has 0 aliphatic heterocycles. The summed E-state index contributed by atoms with van der Waals surface area (Å²) >= 11 is 6.55. The second-order valence-corrected chi connectivity index (χ2v) is 7.91. The predicted molar refractivity (Wildman–Crippen MR) is 123 cm³/mol. The summed E-state index contributed by atoms with van der Waals surface area (Å²) in [6.07, 6.45) is 4.82. The zero-order valence-corrected chi connectivity index (χ0v) is 17.5. The van der Waals surface area contributed by atoms with Gasteiger partial charge in [-0.25, -0.2) is 4.98 Å². The first-order valence-electron chi connectivity index (χ1n) is 10.2. The van der Waals surface area contributed by atoms with E-state index in [0.29, 0.717) is 12.4 Å². The second-order valence-electron chi connectivity index (χ2n) is 7.50. The first-order chi connectivity index (χ1) is 14.2. The predicted octanol–water partition coefficient (Wildman–Crippen LogP) is 6.72. The number of rotatable bonds is 7. The molecule has 2 N–H and O–H groups in total. The highest BCUT2D eigenvalue weighted by Crippen LogP contribution is 2.34. The van der Waals surface area contributed by atoms with Crippen LogP contribution in [-0.2, 0) is 13.0 Å². The molecule has 2 heterocycles. The Kier molecular flexibility index (Phi) is 5.86. The highest BCUT2D eigenvalue weighted by atomic mass is 35.5. The van der Waals surface area contributed by atoms with Gasteiger partial charge in [0.15, 0.2) is 0 Å². The lowest BCUT2D eigenvalue weighted by atomic mass is 10.1. The molecule has 0 unspecified atom stereocenters. The number of aromatic nitrogens is 2. The minimum absolute atomic E-state index is 0.540. The Morgan fingerprint density at radius 2 is 1.83 bits per heavy atom. The zero-order chi connectivity index (χ0) is 20.2. The van der Waals surface area contributed by atoms with Crippen LogP contribution in [0.1, 0.15) is 37.4 Å². The molecule has 29 heavy (non-hydrogen) atoms. The van der Waals surface area contributed by atoms with Crippen molar-refractivity contribution in [2.75, 3.05) is 5.73 Å². The lowest BCUT2D eigenvalue weighted by Gasteiger charge is -2.13. The van der Waals surface area contributed by atoms with E-state index in [0.717, 1.165) is 28.4 Å². The molecule has 0 radical (unpaired) electrons. The number of aryl methyl sites for hydroxylation is 1. The van der Waals surface area contributed by atoms with E-state index in [1.54, 1.807) is 0 Å². The minimum atomic E-state index is 0.540. The van der Waals surface area contributed by atoms with Gasteiger partial charge in [0.2, 0.25) is 0 Å². The maximum absolute atomic E-state index is 6.55. The van der Waals surface area contributed by atoms with Crippen LogP contribution < -0.4 is 5.73 Å². The van der Waals surface area contributed by atoms with Crippen LogP contribution in [0.15, 0.2) is 66.7 Å². The summed E-state index contributed by atoms with van der Waals surface area (Å²) in [6, 6.07) is 22.8. The van der Waals surface area contributed by atoms with Crippen molar-refractivity contribution < 1.29 is 0 Å². The van der Waals surface area contributed by atoms with Gasteiger partial charge in [-0.1, -0.05) is 67.8 Å². The van der Waals surface area contributed by atoms with Gasteiger partial charge in [-0.15, -0.1) is 0 Å². The molecule has 0 bridgehead atoms. The number of benzene rings is 2. The van der Waals surface area contributed by atoms with E-state index in [1.165, 1.54) is 35.7 Å². The third kappa shape index (κ3) is 4.30. The van der Waals surface area contributed by atoms with E-state index < -0.39 is 0 Å². The van der Waals surface area contributed by atoms with Gasteiger partial charge in [-0.05, 0) is 48.7 Å². The number of nitrogen functional groups attached to an aromatic ring is 1. The Balaban J connectivity index is 1.83. The summed E-state index contributed by atoms with van der Waals surface area (Å²) < 4.78 is 2.31. The number of unbranched alkanes of at least 4 members (excludes halogenated alkanes) is 2. The molecular weight excluding hydrogens is 378 g/mol. The fourth-order valence-corrected chi connectivity index (χ4v) is 4.08. The maximum atomic E-state index is 6.55. The monoisotopic (exact) mass is 403 g/mol. The van der Waals surface area contributed by atoms with Gasteiger partial charge in [-0.2, -0.15) is 0 Å². The quantitative estimate of drug-likeness (QED) is 0.348. The topological polar surface area (TPSA) is 43.8 Å². The van der Waals surface area contributed by atoms with Crippen molar-refractivity contribution in [3.05, 3.63) is 83.0 Å². The summed E-state index contributed by atoms with van der Waals surface area (Å²) in [5, 5.41) is 1.96. The summed E-state index contributed by atoms with van der Waals surface area (Å²) in [4.78, 5) is 4.52. The zero-order valence-electron chi connectivity index (χ0n) is 16.7. The van der Waals surface area contributed by atoms with Crippen molar-refractivity contribution >= 4 is 28.3 Å². The molecule has 148 valence electrons. The van der Waals surface area contributed by atoms with Crippen LogP contribution in [-0.4, -0.2) is 9.55 Å². The fourth-order valence-electron chi connectivity index (χ4n) is 3.85. The Bertz CT molecular complexity index is 1130. The molecule has 2 aromatic carbocycles. The van der Waals surface area contributed by atoms with Gasteiger partial charge in [0.25, 0.3) is 0 Å². The van der Waals surface area contributed by atoms with Crippen LogP contribution in [0, 0.1) is 0 Å². The van der Waals surface area contributed by atoms with E-state index in [2.05, 4.69) is 46.8 Å². The molecule has 0 aliphatic rings. The van der Waals surface area contributed by atoms with Gasteiger partial charge in [0.1, 0.15) is 5.82 Å². The van der Waals surface area contributed by atoms with E-state index >= 15 is 0 Å². The highest BCUT2D eigenvalue weighted by molar-refractivity contribution is 6.33. The molecule has 0 spiro atoms. The number of pyridine rings is 1. The minimum Gasteiger partial charge on any atom is -0.384 e. The molecule has 4 heteroatoms. The van der Waals surface area contributed by atoms with Crippen molar-refractivity contribution in [1.29, 1.82) is 0 Å². The van der Waals surface area contributed by atoms with Gasteiger partial charge in [-0.3, -0.25) is 0 Å². The third-order valence-electron chi connectivity index (χ3n) is 5.34. The average Bonchev–Trinajstić information content (AvgIpc) is 3.06. The molecule has 0 saturated carbocycles. The van der Waals surface area contributed by atoms with E-state index in [-0.39, 0.29) is 0 Å². The first-order valence-corrected chi connectivity index (χ1v) is 10.6. The van der Waals surface area contributed by atoms with E-state index in [1.807, 2.05) is 36.4 Å². The maximum Gasteiger partial charge on any atom is 0.123 e. The van der Waals surface area contributed by atoms with Crippen molar-refractivity contribution in [2.45, 2.75) is 39.2 Å². The largest absolute Gasteiger partial charge is 0.384 e. The third-order valence-corrected chi connectivity index (χ3v) is 5.67. The van der Waals surface area contributed by atoms with Gasteiger partial charge in [0.05, 0.1) is 17.9 Å². The first kappa shape index (κ1) is 19.5. The molecule has 2 aromatic heterocycles. The lowest BCUT2D eigenvalue weighted by Crippen LogP contribution is -2.05. The Labute approximate surface area is 177 Å². The Morgan fingerprint density at radius 1 is 0.966 bits per heavy atom. The average molecular weight is 404 g/mol. The number of fused-ring (bicyclic) bond motifs is 1. The Hall–Kier alpha value is -2.78. The number of hydrogen-bond acceptors (Lipinski definition) is 2. The number of hydrogen-bond donors (Lipinski definition) is 1. The molecule has 0 saturated heterocycles. The second kappa shape index (κ2) is 8.71. The van der Waals surface area contributed by atoms with Crippen molar-refractivity contribution in [2.24, 2.45) is 0 Å². The lowest BCUT2D eigenvalue weighted by molar-refractivity contribution is 0.717. The molecule has 0 atom stereocenters. The van der Waals surface area contributed by atoms with Crippen LogP contribution in [0.3, 0.4) is 0 Å². The van der Waals surface area contributed by atoms with E-state index in [4.69, 9.17) is 17.3 Å². The smallest absolute Gasteiger partial charge is 0.123 e. The van der Waals surface area contributed by atoms with Crippen LogP contribution in [0.25, 0.3) is 22.2 Å². The van der Waals surface area contributed by atoms with Crippen molar-refractivity contribution in [3.63, 3.8) is 0 Å². The SMILES string of the molecule is CCCCCc1ccc2cc(-c3ccccc3Cl)n(Cc3cccc(N)n3)c2c1. The van der Waals surface area contributed by atoms with Gasteiger partial charge >= 0.3 is 0 Å². The molecule has 3 nitrogen and oxygen atoms in total. The summed E-state index contributed by atoms with van der Waals surface area (Å²) in [5.74, 6) is 0.540. The van der Waals surface area contributed by atoms with Crippen LogP contribution in [0.5, 0.6) is 0 Å². The molecular formula is C25H26ClN3. The number of nitrogens with zero attached hydrogens (tertiary/aromatic N) is 2. The summed E-state index contributed by atoms with van der Waals surface area (Å²) in [5.41, 5.74) is 11.6.